The summed E-state index contributed by atoms with van der Waals surface area (Å²) in [6.45, 7) is 7.29. The Morgan fingerprint density at radius 3 is 2.67 bits per heavy atom. The first kappa shape index (κ1) is 32.3. The van der Waals surface area contributed by atoms with E-state index in [0.29, 0.717) is 46.6 Å². The lowest BCUT2D eigenvalue weighted by molar-refractivity contribution is -0.111. The molecular formula is C34H39FN8O3. The van der Waals surface area contributed by atoms with Crippen LogP contribution >= 0.6 is 0 Å². The van der Waals surface area contributed by atoms with Gasteiger partial charge < -0.3 is 25.2 Å². The van der Waals surface area contributed by atoms with Gasteiger partial charge in [-0.25, -0.2) is 19.4 Å². The topological polar surface area (TPSA) is 108 Å². The van der Waals surface area contributed by atoms with E-state index in [9.17, 15) is 9.18 Å². The summed E-state index contributed by atoms with van der Waals surface area (Å²) in [5, 5.41) is 8.01. The van der Waals surface area contributed by atoms with Crippen molar-refractivity contribution in [2.45, 2.75) is 19.4 Å². The summed E-state index contributed by atoms with van der Waals surface area (Å²) < 4.78 is 20.0. The molecule has 0 saturated carbocycles. The van der Waals surface area contributed by atoms with Gasteiger partial charge in [0.05, 0.1) is 42.5 Å². The quantitative estimate of drug-likeness (QED) is 0.189. The maximum Gasteiger partial charge on any atom is 0.247 e. The van der Waals surface area contributed by atoms with Crippen molar-refractivity contribution in [2.24, 2.45) is 0 Å². The highest BCUT2D eigenvalue weighted by Gasteiger charge is 2.29. The van der Waals surface area contributed by atoms with Gasteiger partial charge in [-0.2, -0.15) is 0 Å². The number of methoxy groups -OCH3 is 1. The van der Waals surface area contributed by atoms with E-state index in [1.54, 1.807) is 31.4 Å². The van der Waals surface area contributed by atoms with Crippen LogP contribution in [-0.2, 0) is 9.63 Å². The Morgan fingerprint density at radius 2 is 1.93 bits per heavy atom. The summed E-state index contributed by atoms with van der Waals surface area (Å²) >= 11 is 0. The van der Waals surface area contributed by atoms with E-state index in [1.165, 1.54) is 18.5 Å². The summed E-state index contributed by atoms with van der Waals surface area (Å²) in [5.41, 5.74) is 4.92. The van der Waals surface area contributed by atoms with Crippen molar-refractivity contribution in [2.75, 3.05) is 68.5 Å². The molecule has 1 saturated heterocycles. The number of aromatic nitrogens is 3. The minimum Gasteiger partial charge on any atom is -0.494 e. The van der Waals surface area contributed by atoms with E-state index in [-0.39, 0.29) is 17.8 Å². The van der Waals surface area contributed by atoms with Crippen LogP contribution in [0.25, 0.3) is 11.1 Å². The van der Waals surface area contributed by atoms with Gasteiger partial charge in [0.1, 0.15) is 23.7 Å². The number of carbonyl (C=O) groups is 1. The predicted octanol–water partition coefficient (Wildman–Crippen LogP) is 5.74. The first-order chi connectivity index (χ1) is 22.2. The van der Waals surface area contributed by atoms with Gasteiger partial charge in [-0.15, -0.1) is 0 Å². The van der Waals surface area contributed by atoms with Crippen LogP contribution in [0.3, 0.4) is 0 Å². The molecule has 240 valence electrons. The predicted molar refractivity (Wildman–Crippen MR) is 179 cm³/mol. The van der Waals surface area contributed by atoms with Crippen molar-refractivity contribution in [1.82, 2.24) is 19.9 Å². The number of benzene rings is 2. The number of ether oxygens (including phenoxy) is 1. The van der Waals surface area contributed by atoms with Crippen molar-refractivity contribution in [1.29, 1.82) is 0 Å². The Bertz CT molecular complexity index is 1720. The highest BCUT2D eigenvalue weighted by molar-refractivity contribution is 6.02. The molecule has 0 spiro atoms. The van der Waals surface area contributed by atoms with Crippen LogP contribution < -0.4 is 25.3 Å². The molecule has 2 N–H and O–H groups in total. The van der Waals surface area contributed by atoms with Crippen molar-refractivity contribution < 1.29 is 18.8 Å². The number of anilines is 5. The number of likely N-dealkylation sites (N-methyl/N-ethyl adjacent to an activating group) is 2. The van der Waals surface area contributed by atoms with Gasteiger partial charge >= 0.3 is 0 Å². The smallest absolute Gasteiger partial charge is 0.247 e. The van der Waals surface area contributed by atoms with Crippen molar-refractivity contribution >= 4 is 34.6 Å². The van der Waals surface area contributed by atoms with Crippen molar-refractivity contribution in [3.8, 4) is 16.9 Å². The molecule has 2 aromatic heterocycles. The Kier molecular flexibility index (Phi) is 10.1. The molecule has 1 aliphatic heterocycles. The van der Waals surface area contributed by atoms with Gasteiger partial charge in [0.15, 0.2) is 5.82 Å². The standard InChI is InChI=1S/C34H39FN8O3/c1-7-34(44)40-27-17-28(31(45-6)18-30(27)42(5)13-12-41(3)4)39-32-19-33(38-21-37-32)43-29(11-14-46-43)24-10-8-9-23(15-24)25-16-26(35)22(2)36-20-25/h7-10,15-21,29H,1,11-14H2,2-6H3,(H,40,44)(H,37,38,39)/t29-/m1/s1. The number of hydroxylamine groups is 1. The second-order valence-corrected chi connectivity index (χ2v) is 11.3. The fourth-order valence-corrected chi connectivity index (χ4v) is 5.17. The normalized spacial score (nSPS) is 14.3. The summed E-state index contributed by atoms with van der Waals surface area (Å²) in [6.07, 6.45) is 5.11. The van der Waals surface area contributed by atoms with Crippen LogP contribution in [0.4, 0.5) is 33.1 Å². The average molecular weight is 627 g/mol. The largest absolute Gasteiger partial charge is 0.494 e. The molecule has 0 aliphatic carbocycles. The molecule has 1 amide bonds. The van der Waals surface area contributed by atoms with Gasteiger partial charge in [0, 0.05) is 50.5 Å². The van der Waals surface area contributed by atoms with E-state index >= 15 is 0 Å². The van der Waals surface area contributed by atoms with Gasteiger partial charge in [-0.05, 0) is 56.4 Å². The number of aryl methyl sites for hydroxylation is 1. The first-order valence-electron chi connectivity index (χ1n) is 14.9. The lowest BCUT2D eigenvalue weighted by Gasteiger charge is -2.26. The Labute approximate surface area is 268 Å². The van der Waals surface area contributed by atoms with Crippen molar-refractivity contribution in [3.63, 3.8) is 0 Å². The van der Waals surface area contributed by atoms with Crippen LogP contribution in [0.15, 0.2) is 73.7 Å². The molecule has 1 atom stereocenters. The average Bonchev–Trinajstić information content (AvgIpc) is 3.55. The number of carbonyl (C=O) groups excluding carboxylic acids is 1. The molecule has 11 nitrogen and oxygen atoms in total. The van der Waals surface area contributed by atoms with Gasteiger partial charge in [0.2, 0.25) is 5.91 Å². The molecule has 0 radical (unpaired) electrons. The lowest BCUT2D eigenvalue weighted by Crippen LogP contribution is -2.29. The molecule has 1 aliphatic rings. The zero-order valence-corrected chi connectivity index (χ0v) is 26.7. The molecule has 5 rings (SSSR count). The third-order valence-corrected chi connectivity index (χ3v) is 7.73. The molecule has 4 aromatic rings. The number of amides is 1. The van der Waals surface area contributed by atoms with Crippen LogP contribution in [-0.4, -0.2) is 73.7 Å². The fraction of sp³-hybridized carbons (Fsp3) is 0.294. The summed E-state index contributed by atoms with van der Waals surface area (Å²) in [6, 6.07) is 14.8. The second-order valence-electron chi connectivity index (χ2n) is 11.3. The third-order valence-electron chi connectivity index (χ3n) is 7.73. The first-order valence-corrected chi connectivity index (χ1v) is 14.9. The zero-order chi connectivity index (χ0) is 32.8. The number of hydrogen-bond acceptors (Lipinski definition) is 10. The van der Waals surface area contributed by atoms with Gasteiger partial charge in [-0.1, -0.05) is 24.8 Å². The molecule has 3 heterocycles. The zero-order valence-electron chi connectivity index (χ0n) is 26.7. The Morgan fingerprint density at radius 1 is 1.11 bits per heavy atom. The Hall–Kier alpha value is -5.07. The third kappa shape index (κ3) is 7.41. The number of hydrogen-bond donors (Lipinski definition) is 2. The van der Waals surface area contributed by atoms with Crippen LogP contribution in [0.2, 0.25) is 0 Å². The van der Waals surface area contributed by atoms with Crippen LogP contribution in [0.1, 0.15) is 23.7 Å². The second kappa shape index (κ2) is 14.4. The maximum absolute atomic E-state index is 14.3. The van der Waals surface area contributed by atoms with E-state index < -0.39 is 0 Å². The summed E-state index contributed by atoms with van der Waals surface area (Å²) in [7, 11) is 7.57. The number of nitrogens with zero attached hydrogens (tertiary/aromatic N) is 6. The van der Waals surface area contributed by atoms with Crippen LogP contribution in [0.5, 0.6) is 5.75 Å². The van der Waals surface area contributed by atoms with Gasteiger partial charge in [0.25, 0.3) is 0 Å². The number of rotatable bonds is 12. The summed E-state index contributed by atoms with van der Waals surface area (Å²) in [4.78, 5) is 35.7. The highest BCUT2D eigenvalue weighted by Crippen LogP contribution is 2.39. The van der Waals surface area contributed by atoms with E-state index in [1.807, 2.05) is 57.5 Å². The molecule has 2 aromatic carbocycles. The Balaban J connectivity index is 1.42. The maximum atomic E-state index is 14.3. The minimum atomic E-state index is -0.340. The summed E-state index contributed by atoms with van der Waals surface area (Å²) in [5.74, 6) is 0.966. The molecule has 46 heavy (non-hydrogen) atoms. The molecular weight excluding hydrogens is 587 g/mol. The number of pyridine rings is 1. The SMILES string of the molecule is C=CC(=O)Nc1cc(Nc2cc(N3OCC[C@@H]3c3cccc(-c4cnc(C)c(F)c4)c3)ncn2)c(OC)cc1N(C)CCN(C)C. The molecule has 0 unspecified atom stereocenters. The highest BCUT2D eigenvalue weighted by atomic mass is 19.1. The minimum absolute atomic E-state index is 0.127. The van der Waals surface area contributed by atoms with Crippen molar-refractivity contribution in [3.05, 3.63) is 90.8 Å². The molecule has 0 bridgehead atoms. The van der Waals surface area contributed by atoms with E-state index in [2.05, 4.69) is 42.0 Å². The van der Waals surface area contributed by atoms with E-state index in [4.69, 9.17) is 9.57 Å². The lowest BCUT2D eigenvalue weighted by atomic mass is 9.99. The molecule has 1 fully saturated rings. The molecule has 12 heteroatoms. The van der Waals surface area contributed by atoms with Crippen LogP contribution in [0, 0.1) is 12.7 Å². The monoisotopic (exact) mass is 626 g/mol. The number of halogens is 1. The fourth-order valence-electron chi connectivity index (χ4n) is 5.17. The number of nitrogens with one attached hydrogen (secondary N) is 2. The van der Waals surface area contributed by atoms with Gasteiger partial charge in [-0.3, -0.25) is 14.6 Å². The van der Waals surface area contributed by atoms with E-state index in [0.717, 1.165) is 36.3 Å².